The molecule has 29 heavy (non-hydrogen) atoms. The maximum atomic E-state index is 12.5. The Hall–Kier alpha value is -4.14. The first kappa shape index (κ1) is 17.0. The molecule has 9 nitrogen and oxygen atoms in total. The molecule has 2 aromatic heterocycles. The zero-order valence-electron chi connectivity index (χ0n) is 14.8. The fourth-order valence-electron chi connectivity index (χ4n) is 2.96. The van der Waals surface area contributed by atoms with Crippen LogP contribution in [0.25, 0.3) is 11.0 Å². The number of nitrogens with zero attached hydrogens (tertiary/aromatic N) is 2. The van der Waals surface area contributed by atoms with Gasteiger partial charge in [-0.25, -0.2) is 0 Å². The normalized spacial score (nSPS) is 15.2. The summed E-state index contributed by atoms with van der Waals surface area (Å²) in [4.78, 5) is 25.0. The molecule has 5 rings (SSSR count). The quantitative estimate of drug-likeness (QED) is 0.567. The number of carbonyl (C=O) groups is 1. The van der Waals surface area contributed by atoms with Crippen molar-refractivity contribution in [3.8, 4) is 11.5 Å². The van der Waals surface area contributed by atoms with Gasteiger partial charge in [0.2, 0.25) is 11.5 Å². The molecule has 0 saturated heterocycles. The lowest BCUT2D eigenvalue weighted by molar-refractivity contribution is 0.0716. The Morgan fingerprint density at radius 2 is 1.83 bits per heavy atom. The number of hydrogen-bond acceptors (Lipinski definition) is 8. The largest absolute Gasteiger partial charge is 0.485 e. The van der Waals surface area contributed by atoms with E-state index in [0.717, 1.165) is 6.26 Å². The maximum absolute atomic E-state index is 12.5. The molecule has 3 heterocycles. The van der Waals surface area contributed by atoms with Gasteiger partial charge in [-0.15, -0.1) is 5.10 Å². The predicted molar refractivity (Wildman–Crippen MR) is 100 cm³/mol. The monoisotopic (exact) mass is 391 g/mol. The van der Waals surface area contributed by atoms with Gasteiger partial charge in [0.25, 0.3) is 11.8 Å². The van der Waals surface area contributed by atoms with E-state index in [1.807, 2.05) is 12.1 Å². The third kappa shape index (κ3) is 3.08. The SMILES string of the molecule is O=C(Nc1nnc(C2COc3ccccc3O2)o1)c1coc2ccccc2c1=O. The Morgan fingerprint density at radius 3 is 2.72 bits per heavy atom. The molecule has 2 aromatic carbocycles. The van der Waals surface area contributed by atoms with Crippen molar-refractivity contribution >= 4 is 22.9 Å². The van der Waals surface area contributed by atoms with Crippen LogP contribution in [0.15, 0.2) is 68.4 Å². The Bertz CT molecular complexity index is 1280. The summed E-state index contributed by atoms with van der Waals surface area (Å²) in [5.74, 6) is 0.604. The lowest BCUT2D eigenvalue weighted by atomic mass is 10.1. The number of rotatable bonds is 3. The van der Waals surface area contributed by atoms with Crippen molar-refractivity contribution in [2.45, 2.75) is 6.10 Å². The summed E-state index contributed by atoms with van der Waals surface area (Å²) in [5.41, 5.74) is -0.233. The van der Waals surface area contributed by atoms with Crippen LogP contribution in [-0.4, -0.2) is 22.7 Å². The van der Waals surface area contributed by atoms with Gasteiger partial charge in [-0.1, -0.05) is 29.4 Å². The molecule has 0 aliphatic carbocycles. The molecule has 144 valence electrons. The van der Waals surface area contributed by atoms with Crippen LogP contribution < -0.4 is 20.2 Å². The van der Waals surface area contributed by atoms with E-state index in [1.165, 1.54) is 0 Å². The number of fused-ring (bicyclic) bond motifs is 2. The van der Waals surface area contributed by atoms with Gasteiger partial charge in [-0.05, 0) is 24.3 Å². The maximum Gasteiger partial charge on any atom is 0.322 e. The third-order valence-corrected chi connectivity index (χ3v) is 4.37. The Morgan fingerprint density at radius 1 is 1.03 bits per heavy atom. The van der Waals surface area contributed by atoms with Gasteiger partial charge >= 0.3 is 6.01 Å². The van der Waals surface area contributed by atoms with E-state index in [1.54, 1.807) is 36.4 Å². The number of nitrogens with one attached hydrogen (secondary N) is 1. The predicted octanol–water partition coefficient (Wildman–Crippen LogP) is 2.94. The molecule has 1 unspecified atom stereocenters. The number of anilines is 1. The van der Waals surface area contributed by atoms with E-state index in [0.29, 0.717) is 22.5 Å². The van der Waals surface area contributed by atoms with E-state index in [4.69, 9.17) is 18.3 Å². The molecule has 4 aromatic rings. The van der Waals surface area contributed by atoms with Crippen LogP contribution in [-0.2, 0) is 0 Å². The molecule has 1 aliphatic rings. The van der Waals surface area contributed by atoms with E-state index >= 15 is 0 Å². The minimum absolute atomic E-state index is 0.139. The van der Waals surface area contributed by atoms with Gasteiger partial charge in [-0.3, -0.25) is 14.9 Å². The molecule has 0 fully saturated rings. The summed E-state index contributed by atoms with van der Waals surface area (Å²) in [6.07, 6.45) is 0.487. The van der Waals surface area contributed by atoms with Crippen molar-refractivity contribution in [2.75, 3.05) is 11.9 Å². The Balaban J connectivity index is 1.35. The van der Waals surface area contributed by atoms with Gasteiger partial charge in [0.1, 0.15) is 24.0 Å². The average molecular weight is 391 g/mol. The Kier molecular flexibility index (Phi) is 3.98. The van der Waals surface area contributed by atoms with Crippen molar-refractivity contribution in [1.29, 1.82) is 0 Å². The molecular formula is C20H13N3O6. The van der Waals surface area contributed by atoms with Gasteiger partial charge in [0.05, 0.1) is 5.39 Å². The van der Waals surface area contributed by atoms with Crippen LogP contribution >= 0.6 is 0 Å². The second kappa shape index (κ2) is 6.79. The molecule has 0 spiro atoms. The standard InChI is InChI=1S/C20H13N3O6/c24-17-11-5-1-2-6-13(11)26-9-12(17)18(25)21-20-23-22-19(29-20)16-10-27-14-7-3-4-8-15(14)28-16/h1-9,16H,10H2,(H,21,23,25). The number of aromatic nitrogens is 2. The summed E-state index contributed by atoms with van der Waals surface area (Å²) in [6, 6.07) is 13.7. The van der Waals surface area contributed by atoms with E-state index in [9.17, 15) is 9.59 Å². The van der Waals surface area contributed by atoms with Crippen molar-refractivity contribution in [3.05, 3.63) is 76.5 Å². The Labute approximate surface area is 162 Å². The summed E-state index contributed by atoms with van der Waals surface area (Å²) < 4.78 is 22.2. The molecule has 0 saturated carbocycles. The van der Waals surface area contributed by atoms with Crippen LogP contribution in [0.4, 0.5) is 6.01 Å². The molecule has 1 atom stereocenters. The van der Waals surface area contributed by atoms with E-state index < -0.39 is 17.4 Å². The topological polar surface area (TPSA) is 117 Å². The summed E-state index contributed by atoms with van der Waals surface area (Å²) in [5, 5.41) is 10.4. The molecule has 0 radical (unpaired) electrons. The third-order valence-electron chi connectivity index (χ3n) is 4.37. The number of para-hydroxylation sites is 3. The fourth-order valence-corrected chi connectivity index (χ4v) is 2.96. The van der Waals surface area contributed by atoms with Crippen molar-refractivity contribution in [1.82, 2.24) is 10.2 Å². The highest BCUT2D eigenvalue weighted by molar-refractivity contribution is 6.04. The molecule has 1 N–H and O–H groups in total. The smallest absolute Gasteiger partial charge is 0.322 e. The summed E-state index contributed by atoms with van der Waals surface area (Å²) in [7, 11) is 0. The zero-order valence-corrected chi connectivity index (χ0v) is 14.8. The van der Waals surface area contributed by atoms with Crippen LogP contribution in [0.1, 0.15) is 22.4 Å². The van der Waals surface area contributed by atoms with Crippen LogP contribution in [0.2, 0.25) is 0 Å². The molecule has 1 aliphatic heterocycles. The second-order valence-corrected chi connectivity index (χ2v) is 6.24. The zero-order chi connectivity index (χ0) is 19.8. The summed E-state index contributed by atoms with van der Waals surface area (Å²) in [6.45, 7) is 0.181. The van der Waals surface area contributed by atoms with Crippen molar-refractivity contribution < 1.29 is 23.1 Å². The van der Waals surface area contributed by atoms with E-state index in [2.05, 4.69) is 15.5 Å². The lowest BCUT2D eigenvalue weighted by Gasteiger charge is -2.23. The van der Waals surface area contributed by atoms with Gasteiger partial charge in [0, 0.05) is 0 Å². The van der Waals surface area contributed by atoms with Crippen molar-refractivity contribution in [3.63, 3.8) is 0 Å². The highest BCUT2D eigenvalue weighted by atomic mass is 16.6. The van der Waals surface area contributed by atoms with Crippen LogP contribution in [0.3, 0.4) is 0 Å². The fraction of sp³-hybridized carbons (Fsp3) is 0.100. The summed E-state index contributed by atoms with van der Waals surface area (Å²) >= 11 is 0. The number of carbonyl (C=O) groups excluding carboxylic acids is 1. The molecule has 1 amide bonds. The first-order valence-corrected chi connectivity index (χ1v) is 8.73. The average Bonchev–Trinajstić information content (AvgIpc) is 3.22. The number of hydrogen-bond donors (Lipinski definition) is 1. The second-order valence-electron chi connectivity index (χ2n) is 6.24. The minimum atomic E-state index is -0.717. The highest BCUT2D eigenvalue weighted by Gasteiger charge is 2.28. The number of ether oxygens (including phenoxy) is 2. The van der Waals surface area contributed by atoms with Crippen LogP contribution in [0.5, 0.6) is 11.5 Å². The number of benzene rings is 2. The molecule has 9 heteroatoms. The first-order valence-electron chi connectivity index (χ1n) is 8.73. The van der Waals surface area contributed by atoms with Gasteiger partial charge < -0.3 is 18.3 Å². The minimum Gasteiger partial charge on any atom is -0.485 e. The van der Waals surface area contributed by atoms with Gasteiger partial charge in [0.15, 0.2) is 11.5 Å². The molecule has 0 bridgehead atoms. The lowest BCUT2D eigenvalue weighted by Crippen LogP contribution is -2.22. The first-order chi connectivity index (χ1) is 14.2. The van der Waals surface area contributed by atoms with Crippen LogP contribution in [0, 0.1) is 0 Å². The van der Waals surface area contributed by atoms with Gasteiger partial charge in [-0.2, -0.15) is 0 Å². The molecular weight excluding hydrogens is 378 g/mol. The van der Waals surface area contributed by atoms with E-state index in [-0.39, 0.29) is 24.1 Å². The van der Waals surface area contributed by atoms with Crippen molar-refractivity contribution in [2.24, 2.45) is 0 Å². The number of amides is 1. The highest BCUT2D eigenvalue weighted by Crippen LogP contribution is 2.35.